The van der Waals surface area contributed by atoms with Gasteiger partial charge in [-0.25, -0.2) is 0 Å². The minimum atomic E-state index is 0.278. The molecule has 0 amide bonds. The third-order valence-electron chi connectivity index (χ3n) is 2.35. The SMILES string of the molecule is ClC1=CC=CCC1c1cccc(Cl)c1. The van der Waals surface area contributed by atoms with Crippen LogP contribution in [0.3, 0.4) is 0 Å². The van der Waals surface area contributed by atoms with E-state index in [1.54, 1.807) is 0 Å². The zero-order chi connectivity index (χ0) is 9.97. The summed E-state index contributed by atoms with van der Waals surface area (Å²) in [7, 11) is 0. The third kappa shape index (κ3) is 2.02. The summed E-state index contributed by atoms with van der Waals surface area (Å²) < 4.78 is 0. The summed E-state index contributed by atoms with van der Waals surface area (Å²) in [5.74, 6) is 0.278. The number of hydrogen-bond acceptors (Lipinski definition) is 0. The summed E-state index contributed by atoms with van der Waals surface area (Å²) in [5, 5.41) is 1.65. The van der Waals surface area contributed by atoms with Gasteiger partial charge < -0.3 is 0 Å². The molecule has 1 unspecified atom stereocenters. The first kappa shape index (κ1) is 9.82. The van der Waals surface area contributed by atoms with Gasteiger partial charge in [0.25, 0.3) is 0 Å². The van der Waals surface area contributed by atoms with E-state index >= 15 is 0 Å². The molecule has 2 rings (SSSR count). The van der Waals surface area contributed by atoms with E-state index in [0.717, 1.165) is 16.5 Å². The van der Waals surface area contributed by atoms with Crippen LogP contribution in [0.1, 0.15) is 17.9 Å². The van der Waals surface area contributed by atoms with Crippen molar-refractivity contribution in [2.45, 2.75) is 12.3 Å². The van der Waals surface area contributed by atoms with Crippen molar-refractivity contribution in [3.63, 3.8) is 0 Å². The Morgan fingerprint density at radius 3 is 2.79 bits per heavy atom. The Kier molecular flexibility index (Phi) is 2.95. The number of benzene rings is 1. The molecular weight excluding hydrogens is 215 g/mol. The second-order valence-electron chi connectivity index (χ2n) is 3.32. The maximum Gasteiger partial charge on any atom is 0.0408 e. The van der Waals surface area contributed by atoms with E-state index in [1.807, 2.05) is 30.4 Å². The Balaban J connectivity index is 2.32. The van der Waals surface area contributed by atoms with Crippen LogP contribution in [-0.4, -0.2) is 0 Å². The molecule has 0 heterocycles. The van der Waals surface area contributed by atoms with Crippen LogP contribution in [0.4, 0.5) is 0 Å². The lowest BCUT2D eigenvalue weighted by molar-refractivity contribution is 0.837. The van der Waals surface area contributed by atoms with E-state index in [0.29, 0.717) is 0 Å². The minimum Gasteiger partial charge on any atom is -0.0885 e. The van der Waals surface area contributed by atoms with E-state index in [-0.39, 0.29) is 5.92 Å². The molecule has 14 heavy (non-hydrogen) atoms. The summed E-state index contributed by atoms with van der Waals surface area (Å²) in [6.07, 6.45) is 7.01. The van der Waals surface area contributed by atoms with Crippen LogP contribution in [0.5, 0.6) is 0 Å². The van der Waals surface area contributed by atoms with Crippen molar-refractivity contribution in [2.75, 3.05) is 0 Å². The summed E-state index contributed by atoms with van der Waals surface area (Å²) in [6, 6.07) is 7.87. The lowest BCUT2D eigenvalue weighted by atomic mass is 9.92. The largest absolute Gasteiger partial charge is 0.0885 e. The van der Waals surface area contributed by atoms with Gasteiger partial charge in [-0.2, -0.15) is 0 Å². The molecule has 0 saturated carbocycles. The van der Waals surface area contributed by atoms with Crippen LogP contribution in [0.2, 0.25) is 5.02 Å². The van der Waals surface area contributed by atoms with Gasteiger partial charge in [0.05, 0.1) is 0 Å². The zero-order valence-electron chi connectivity index (χ0n) is 7.58. The average Bonchev–Trinajstić information content (AvgIpc) is 2.18. The Morgan fingerprint density at radius 2 is 2.07 bits per heavy atom. The highest BCUT2D eigenvalue weighted by Gasteiger charge is 2.15. The predicted octanol–water partition coefficient (Wildman–Crippen LogP) is 4.51. The molecule has 0 bridgehead atoms. The van der Waals surface area contributed by atoms with Gasteiger partial charge in [0, 0.05) is 16.0 Å². The molecule has 0 fully saturated rings. The van der Waals surface area contributed by atoms with Crippen molar-refractivity contribution in [3.05, 3.63) is 58.1 Å². The van der Waals surface area contributed by atoms with Gasteiger partial charge >= 0.3 is 0 Å². The fourth-order valence-corrected chi connectivity index (χ4v) is 2.11. The second kappa shape index (κ2) is 4.20. The first-order valence-electron chi connectivity index (χ1n) is 4.55. The van der Waals surface area contributed by atoms with Crippen LogP contribution in [0.15, 0.2) is 47.5 Å². The number of halogens is 2. The summed E-state index contributed by atoms with van der Waals surface area (Å²) >= 11 is 12.1. The number of allylic oxidation sites excluding steroid dienone is 4. The Bertz CT molecular complexity index is 391. The molecule has 0 aromatic heterocycles. The molecule has 0 spiro atoms. The van der Waals surface area contributed by atoms with Crippen LogP contribution in [-0.2, 0) is 0 Å². The summed E-state index contributed by atoms with van der Waals surface area (Å²) in [5.41, 5.74) is 1.18. The molecule has 1 aliphatic rings. The zero-order valence-corrected chi connectivity index (χ0v) is 9.09. The molecule has 0 radical (unpaired) electrons. The van der Waals surface area contributed by atoms with Crippen LogP contribution >= 0.6 is 23.2 Å². The first-order chi connectivity index (χ1) is 6.77. The standard InChI is InChI=1S/C12H10Cl2/c13-10-5-3-4-9(8-10)11-6-1-2-7-12(11)14/h1-5,7-8,11H,6H2. The number of rotatable bonds is 1. The van der Waals surface area contributed by atoms with Gasteiger partial charge in [-0.15, -0.1) is 0 Å². The van der Waals surface area contributed by atoms with Crippen molar-refractivity contribution in [3.8, 4) is 0 Å². The quantitative estimate of drug-likeness (QED) is 0.659. The van der Waals surface area contributed by atoms with Gasteiger partial charge in [0.2, 0.25) is 0 Å². The van der Waals surface area contributed by atoms with E-state index in [4.69, 9.17) is 23.2 Å². The van der Waals surface area contributed by atoms with Gasteiger partial charge in [-0.3, -0.25) is 0 Å². The molecule has 1 atom stereocenters. The van der Waals surface area contributed by atoms with Crippen molar-refractivity contribution in [1.29, 1.82) is 0 Å². The smallest absolute Gasteiger partial charge is 0.0408 e. The Morgan fingerprint density at radius 1 is 1.21 bits per heavy atom. The molecule has 0 N–H and O–H groups in total. The minimum absolute atomic E-state index is 0.278. The topological polar surface area (TPSA) is 0 Å². The highest BCUT2D eigenvalue weighted by Crippen LogP contribution is 2.34. The second-order valence-corrected chi connectivity index (χ2v) is 4.20. The molecule has 1 aromatic carbocycles. The predicted molar refractivity (Wildman–Crippen MR) is 61.9 cm³/mol. The maximum atomic E-state index is 6.14. The van der Waals surface area contributed by atoms with Gasteiger partial charge in [-0.05, 0) is 30.2 Å². The van der Waals surface area contributed by atoms with Gasteiger partial charge in [-0.1, -0.05) is 47.5 Å². The van der Waals surface area contributed by atoms with E-state index in [9.17, 15) is 0 Å². The Labute approximate surface area is 93.8 Å². The lowest BCUT2D eigenvalue weighted by Crippen LogP contribution is -2.00. The first-order valence-corrected chi connectivity index (χ1v) is 5.30. The maximum absolute atomic E-state index is 6.14. The van der Waals surface area contributed by atoms with Crippen molar-refractivity contribution in [1.82, 2.24) is 0 Å². The highest BCUT2D eigenvalue weighted by molar-refractivity contribution is 6.31. The Hall–Kier alpha value is -0.720. The fourth-order valence-electron chi connectivity index (χ4n) is 1.62. The average molecular weight is 225 g/mol. The molecule has 0 saturated heterocycles. The van der Waals surface area contributed by atoms with Crippen LogP contribution in [0.25, 0.3) is 0 Å². The van der Waals surface area contributed by atoms with Crippen molar-refractivity contribution < 1.29 is 0 Å². The van der Waals surface area contributed by atoms with E-state index in [2.05, 4.69) is 12.1 Å². The van der Waals surface area contributed by atoms with E-state index in [1.165, 1.54) is 5.56 Å². The van der Waals surface area contributed by atoms with Crippen molar-refractivity contribution in [2.24, 2.45) is 0 Å². The molecule has 72 valence electrons. The van der Waals surface area contributed by atoms with Crippen molar-refractivity contribution >= 4 is 23.2 Å². The van der Waals surface area contributed by atoms with Crippen LogP contribution in [0, 0.1) is 0 Å². The number of hydrogen-bond donors (Lipinski definition) is 0. The molecule has 1 aromatic rings. The fraction of sp³-hybridized carbons (Fsp3) is 0.167. The molecule has 1 aliphatic carbocycles. The van der Waals surface area contributed by atoms with Gasteiger partial charge in [0.1, 0.15) is 0 Å². The molecule has 2 heteroatoms. The van der Waals surface area contributed by atoms with Crippen LogP contribution < -0.4 is 0 Å². The molecular formula is C12H10Cl2. The molecule has 0 nitrogen and oxygen atoms in total. The summed E-state index contributed by atoms with van der Waals surface area (Å²) in [6.45, 7) is 0. The molecule has 0 aliphatic heterocycles. The normalized spacial score (nSPS) is 20.7. The van der Waals surface area contributed by atoms with E-state index < -0.39 is 0 Å². The summed E-state index contributed by atoms with van der Waals surface area (Å²) in [4.78, 5) is 0. The van der Waals surface area contributed by atoms with Gasteiger partial charge in [0.15, 0.2) is 0 Å². The monoisotopic (exact) mass is 224 g/mol. The third-order valence-corrected chi connectivity index (χ3v) is 2.97. The highest BCUT2D eigenvalue weighted by atomic mass is 35.5. The lowest BCUT2D eigenvalue weighted by Gasteiger charge is -2.17.